The lowest BCUT2D eigenvalue weighted by molar-refractivity contribution is -0.138. The van der Waals surface area contributed by atoms with Gasteiger partial charge in [-0.25, -0.2) is 0 Å². The highest BCUT2D eigenvalue weighted by Gasteiger charge is 2.29. The fraction of sp³-hybridized carbons (Fsp3) is 0.800. The number of aldehydes is 1. The molecule has 0 amide bonds. The molecular formula is C10H21NO8S. The van der Waals surface area contributed by atoms with Crippen molar-refractivity contribution in [3.63, 3.8) is 0 Å². The van der Waals surface area contributed by atoms with Gasteiger partial charge in [0, 0.05) is 0 Å². The lowest BCUT2D eigenvalue weighted by atomic mass is 10.0. The summed E-state index contributed by atoms with van der Waals surface area (Å²) < 4.78 is 0. The van der Waals surface area contributed by atoms with Crippen molar-refractivity contribution in [3.8, 4) is 0 Å². The second-order valence-electron chi connectivity index (χ2n) is 3.81. The zero-order valence-corrected chi connectivity index (χ0v) is 11.5. The van der Waals surface area contributed by atoms with E-state index in [1.807, 2.05) is 0 Å². The number of rotatable bonds is 8. The number of thiol groups is 1. The Morgan fingerprint density at radius 1 is 1.20 bits per heavy atom. The van der Waals surface area contributed by atoms with Crippen molar-refractivity contribution in [2.75, 3.05) is 12.4 Å². The molecule has 5 atom stereocenters. The molecule has 0 saturated carbocycles. The first-order chi connectivity index (χ1) is 9.22. The zero-order valence-electron chi connectivity index (χ0n) is 10.6. The monoisotopic (exact) mass is 315 g/mol. The van der Waals surface area contributed by atoms with Crippen molar-refractivity contribution >= 4 is 24.9 Å². The van der Waals surface area contributed by atoms with Gasteiger partial charge in [-0.3, -0.25) is 4.79 Å². The molecule has 9 nitrogen and oxygen atoms in total. The van der Waals surface area contributed by atoms with Gasteiger partial charge in [-0.2, -0.15) is 12.6 Å². The van der Waals surface area contributed by atoms with E-state index in [1.165, 1.54) is 0 Å². The summed E-state index contributed by atoms with van der Waals surface area (Å²) in [6.45, 7) is -0.760. The van der Waals surface area contributed by atoms with E-state index >= 15 is 0 Å². The topological polar surface area (TPSA) is 182 Å². The molecule has 0 aromatic heterocycles. The molecule has 0 aliphatic heterocycles. The minimum Gasteiger partial charge on any atom is -0.480 e. The molecule has 0 aliphatic carbocycles. The van der Waals surface area contributed by atoms with Gasteiger partial charge < -0.3 is 41.2 Å². The average Bonchev–Trinajstić information content (AvgIpc) is 2.44. The van der Waals surface area contributed by atoms with Crippen molar-refractivity contribution in [1.29, 1.82) is 0 Å². The number of aliphatic hydroxyl groups excluding tert-OH is 5. The van der Waals surface area contributed by atoms with Gasteiger partial charge in [0.05, 0.1) is 6.61 Å². The molecule has 0 aromatic rings. The highest BCUT2D eigenvalue weighted by molar-refractivity contribution is 7.80. The number of hydrogen-bond donors (Lipinski definition) is 8. The summed E-state index contributed by atoms with van der Waals surface area (Å²) in [5.74, 6) is -0.438. The fourth-order valence-electron chi connectivity index (χ4n) is 0.881. The number of carboxylic acids is 1. The molecule has 0 saturated heterocycles. The first-order valence-corrected chi connectivity index (χ1v) is 6.23. The maximum absolute atomic E-state index is 9.93. The molecule has 0 fully saturated rings. The van der Waals surface area contributed by atoms with Gasteiger partial charge in [-0.1, -0.05) is 0 Å². The van der Waals surface area contributed by atoms with Crippen molar-refractivity contribution in [3.05, 3.63) is 0 Å². The lowest BCUT2D eigenvalue weighted by Crippen LogP contribution is -2.46. The molecule has 0 radical (unpaired) electrons. The van der Waals surface area contributed by atoms with E-state index in [4.69, 9.17) is 36.4 Å². The molecule has 0 aromatic carbocycles. The largest absolute Gasteiger partial charge is 0.480 e. The third-order valence-corrected chi connectivity index (χ3v) is 2.44. The van der Waals surface area contributed by atoms with Crippen molar-refractivity contribution in [2.45, 2.75) is 36.9 Å². The van der Waals surface area contributed by atoms with Crippen molar-refractivity contribution in [1.82, 2.24) is 0 Å². The van der Waals surface area contributed by atoms with Crippen molar-refractivity contribution < 1.29 is 40.2 Å². The molecule has 120 valence electrons. The van der Waals surface area contributed by atoms with Gasteiger partial charge in [0.2, 0.25) is 0 Å². The van der Waals surface area contributed by atoms with Gasteiger partial charge >= 0.3 is 5.97 Å². The zero-order chi connectivity index (χ0) is 16.3. The van der Waals surface area contributed by atoms with Crippen LogP contribution in [0.15, 0.2) is 0 Å². The Morgan fingerprint density at radius 3 is 1.95 bits per heavy atom. The first-order valence-electron chi connectivity index (χ1n) is 5.60. The lowest BCUT2D eigenvalue weighted by Gasteiger charge is -2.22. The summed E-state index contributed by atoms with van der Waals surface area (Å²) in [6, 6.07) is -0.743. The van der Waals surface area contributed by atoms with E-state index in [-0.39, 0.29) is 6.29 Å². The Labute approximate surface area is 121 Å². The molecule has 0 heterocycles. The quantitative estimate of drug-likeness (QED) is 0.165. The van der Waals surface area contributed by atoms with Crippen LogP contribution in [0, 0.1) is 0 Å². The van der Waals surface area contributed by atoms with Crippen molar-refractivity contribution in [2.24, 2.45) is 5.73 Å². The predicted molar refractivity (Wildman–Crippen MR) is 71.3 cm³/mol. The number of aliphatic hydroxyl groups is 5. The number of hydrogen-bond acceptors (Lipinski definition) is 9. The van der Waals surface area contributed by atoms with Crippen LogP contribution in [0.3, 0.4) is 0 Å². The van der Waals surface area contributed by atoms with Crippen LogP contribution >= 0.6 is 12.6 Å². The van der Waals surface area contributed by atoms with E-state index in [0.29, 0.717) is 12.2 Å². The Bertz CT molecular complexity index is 280. The molecule has 20 heavy (non-hydrogen) atoms. The van der Waals surface area contributed by atoms with Gasteiger partial charge in [0.1, 0.15) is 30.5 Å². The number of nitrogens with two attached hydrogens (primary N) is 1. The molecule has 8 N–H and O–H groups in total. The maximum atomic E-state index is 9.93. The van der Waals surface area contributed by atoms with E-state index in [9.17, 15) is 9.59 Å². The SMILES string of the molecule is NC(CCS)C(=O)O.O=C[C@H](O)[C@@H](O)[C@H](O)[C@H](O)CO. The highest BCUT2D eigenvalue weighted by Crippen LogP contribution is 2.02. The van der Waals surface area contributed by atoms with E-state index in [0.717, 1.165) is 0 Å². The maximum Gasteiger partial charge on any atom is 0.320 e. The molecule has 0 aliphatic rings. The smallest absolute Gasteiger partial charge is 0.320 e. The highest BCUT2D eigenvalue weighted by atomic mass is 32.1. The third kappa shape index (κ3) is 9.20. The minimum atomic E-state index is -1.79. The van der Waals surface area contributed by atoms with E-state index in [1.54, 1.807) is 0 Å². The van der Waals surface area contributed by atoms with Crippen LogP contribution in [-0.2, 0) is 9.59 Å². The fourth-order valence-corrected chi connectivity index (χ4v) is 1.16. The van der Waals surface area contributed by atoms with Crippen LogP contribution < -0.4 is 5.73 Å². The number of carbonyl (C=O) groups is 2. The van der Waals surface area contributed by atoms with Crippen LogP contribution in [0.1, 0.15) is 6.42 Å². The molecule has 0 bridgehead atoms. The number of carboxylic acid groups (broad SMARTS) is 1. The van der Waals surface area contributed by atoms with E-state index in [2.05, 4.69) is 12.6 Å². The molecule has 1 unspecified atom stereocenters. The predicted octanol–water partition coefficient (Wildman–Crippen LogP) is -3.66. The minimum absolute atomic E-state index is 0.0258. The van der Waals surface area contributed by atoms with E-state index < -0.39 is 43.0 Å². The Morgan fingerprint density at radius 2 is 1.70 bits per heavy atom. The molecule has 10 heteroatoms. The normalized spacial score (nSPS) is 17.9. The standard InChI is InChI=1S/C6H12O6.C4H9NO2S/c7-1-3(9)5(11)6(12)4(10)2-8;5-3(1-2-8)4(6)7/h1,3-6,8-12H,2H2;3,8H,1-2,5H2,(H,6,7)/t3-,4+,5+,6+;/m0./s1. The summed E-state index contributed by atoms with van der Waals surface area (Å²) in [6.07, 6.45) is -6.41. The number of aliphatic carboxylic acids is 1. The summed E-state index contributed by atoms with van der Waals surface area (Å²) in [7, 11) is 0. The Hall–Kier alpha value is -0.750. The Balaban J connectivity index is 0. The van der Waals surface area contributed by atoms with Gasteiger partial charge in [0.25, 0.3) is 0 Å². The molecule has 0 rings (SSSR count). The molecule has 0 spiro atoms. The third-order valence-electron chi connectivity index (χ3n) is 2.18. The first kappa shape index (κ1) is 21.5. The summed E-state index contributed by atoms with van der Waals surface area (Å²) in [5, 5.41) is 51.7. The van der Waals surface area contributed by atoms with Crippen LogP contribution in [0.25, 0.3) is 0 Å². The average molecular weight is 315 g/mol. The number of carbonyl (C=O) groups excluding carboxylic acids is 1. The summed E-state index contributed by atoms with van der Waals surface area (Å²) in [4.78, 5) is 19.8. The van der Waals surface area contributed by atoms with Crippen LogP contribution in [0.2, 0.25) is 0 Å². The van der Waals surface area contributed by atoms with Crippen LogP contribution in [0.4, 0.5) is 0 Å². The molecular weight excluding hydrogens is 294 g/mol. The Kier molecular flexibility index (Phi) is 13.0. The van der Waals surface area contributed by atoms with Gasteiger partial charge in [0.15, 0.2) is 6.29 Å². The van der Waals surface area contributed by atoms with Gasteiger partial charge in [-0.15, -0.1) is 0 Å². The summed E-state index contributed by atoms with van der Waals surface area (Å²) in [5.41, 5.74) is 5.08. The van der Waals surface area contributed by atoms with Gasteiger partial charge in [-0.05, 0) is 12.2 Å². The summed E-state index contributed by atoms with van der Waals surface area (Å²) >= 11 is 3.81. The van der Waals surface area contributed by atoms with Crippen LogP contribution in [-0.4, -0.2) is 85.7 Å². The second kappa shape index (κ2) is 12.0. The van der Waals surface area contributed by atoms with Crippen LogP contribution in [0.5, 0.6) is 0 Å². The second-order valence-corrected chi connectivity index (χ2v) is 4.26.